The fourth-order valence-corrected chi connectivity index (χ4v) is 1.32. The van der Waals surface area contributed by atoms with Gasteiger partial charge in [0.25, 0.3) is 0 Å². The van der Waals surface area contributed by atoms with Crippen molar-refractivity contribution >= 4 is 0 Å². The van der Waals surface area contributed by atoms with E-state index in [4.69, 9.17) is 0 Å². The van der Waals surface area contributed by atoms with Crippen molar-refractivity contribution in [2.24, 2.45) is 0 Å². The molecule has 1 atom stereocenters. The maximum atomic E-state index is 10.4. The van der Waals surface area contributed by atoms with E-state index < -0.39 is 16.1 Å². The van der Waals surface area contributed by atoms with Crippen LogP contribution in [0.2, 0.25) is 0 Å². The lowest BCUT2D eigenvalue weighted by atomic mass is 10.2. The summed E-state index contributed by atoms with van der Waals surface area (Å²) in [5.41, 5.74) is 0. The van der Waals surface area contributed by atoms with Crippen molar-refractivity contribution in [1.29, 1.82) is 0 Å². The second-order valence-electron chi connectivity index (χ2n) is 2.90. The summed E-state index contributed by atoms with van der Waals surface area (Å²) in [6, 6.07) is -0.422. The number of piperazine rings is 1. The molecule has 13 heavy (non-hydrogen) atoms. The molecule has 74 valence electrons. The van der Waals surface area contributed by atoms with Crippen LogP contribution >= 0.6 is 0 Å². The van der Waals surface area contributed by atoms with Gasteiger partial charge in [-0.1, -0.05) is 0 Å². The van der Waals surface area contributed by atoms with E-state index in [1.165, 1.54) is 0 Å². The van der Waals surface area contributed by atoms with Crippen LogP contribution in [0.1, 0.15) is 6.92 Å². The molecule has 0 aromatic carbocycles. The second kappa shape index (κ2) is 3.42. The first-order valence-corrected chi connectivity index (χ1v) is 3.82. The van der Waals surface area contributed by atoms with Crippen molar-refractivity contribution in [1.82, 2.24) is 10.0 Å². The molecule has 0 saturated carbocycles. The van der Waals surface area contributed by atoms with Crippen molar-refractivity contribution in [3.8, 4) is 0 Å². The topological polar surface area (TPSA) is 92.8 Å². The standard InChI is InChI=1S/C5H10N4O4/c1-5-4-6(8(10)11)2-3-7(5)9(12)13/h5H,2-4H2,1H3. The van der Waals surface area contributed by atoms with E-state index in [2.05, 4.69) is 0 Å². The predicted molar refractivity (Wildman–Crippen MR) is 41.7 cm³/mol. The lowest BCUT2D eigenvalue weighted by Crippen LogP contribution is -2.55. The van der Waals surface area contributed by atoms with Crippen LogP contribution in [-0.2, 0) is 0 Å². The molecule has 1 saturated heterocycles. The third-order valence-electron chi connectivity index (χ3n) is 2.01. The van der Waals surface area contributed by atoms with Crippen LogP contribution in [0.3, 0.4) is 0 Å². The number of nitro groups is 2. The number of hydrazine groups is 2. The van der Waals surface area contributed by atoms with Crippen molar-refractivity contribution in [3.63, 3.8) is 0 Å². The van der Waals surface area contributed by atoms with E-state index in [0.717, 1.165) is 10.0 Å². The molecule has 1 aliphatic rings. The maximum absolute atomic E-state index is 10.4. The molecule has 0 bridgehead atoms. The molecular weight excluding hydrogens is 180 g/mol. The lowest BCUT2D eigenvalue weighted by Gasteiger charge is -2.29. The summed E-state index contributed by atoms with van der Waals surface area (Å²) in [5.74, 6) is 0. The molecule has 0 radical (unpaired) electrons. The van der Waals surface area contributed by atoms with Gasteiger partial charge in [-0.2, -0.15) is 0 Å². The highest BCUT2D eigenvalue weighted by molar-refractivity contribution is 4.69. The highest BCUT2D eigenvalue weighted by Gasteiger charge is 2.34. The SMILES string of the molecule is CC1CN([N+](=O)[O-])CCN1[N+](=O)[O-]. The van der Waals surface area contributed by atoms with Gasteiger partial charge in [0.15, 0.2) is 10.1 Å². The van der Waals surface area contributed by atoms with E-state index >= 15 is 0 Å². The Morgan fingerprint density at radius 2 is 1.85 bits per heavy atom. The van der Waals surface area contributed by atoms with Gasteiger partial charge in [-0.3, -0.25) is 0 Å². The minimum absolute atomic E-state index is 0.0913. The van der Waals surface area contributed by atoms with Gasteiger partial charge in [-0.15, -0.1) is 10.0 Å². The third-order valence-corrected chi connectivity index (χ3v) is 2.01. The second-order valence-corrected chi connectivity index (χ2v) is 2.90. The van der Waals surface area contributed by atoms with Crippen LogP contribution in [0.4, 0.5) is 0 Å². The fourth-order valence-electron chi connectivity index (χ4n) is 1.32. The highest BCUT2D eigenvalue weighted by atomic mass is 16.7. The van der Waals surface area contributed by atoms with Crippen LogP contribution in [0.15, 0.2) is 0 Å². The van der Waals surface area contributed by atoms with Gasteiger partial charge in [0, 0.05) is 0 Å². The Bertz CT molecular complexity index is 233. The molecule has 0 aromatic heterocycles. The maximum Gasteiger partial charge on any atom is 0.160 e. The Hall–Kier alpha value is -1.60. The van der Waals surface area contributed by atoms with E-state index in [9.17, 15) is 20.2 Å². The molecule has 8 nitrogen and oxygen atoms in total. The van der Waals surface area contributed by atoms with Crippen LogP contribution in [0.25, 0.3) is 0 Å². The van der Waals surface area contributed by atoms with Crippen LogP contribution in [-0.4, -0.2) is 45.8 Å². The first-order chi connectivity index (χ1) is 6.02. The van der Waals surface area contributed by atoms with Gasteiger partial charge in [0.2, 0.25) is 0 Å². The van der Waals surface area contributed by atoms with E-state index in [1.54, 1.807) is 6.92 Å². The van der Waals surface area contributed by atoms with Gasteiger partial charge in [0.1, 0.15) is 25.7 Å². The molecule has 0 spiro atoms. The zero-order valence-electron chi connectivity index (χ0n) is 7.12. The molecule has 0 aromatic rings. The summed E-state index contributed by atoms with van der Waals surface area (Å²) in [5, 5.41) is 21.7. The summed E-state index contributed by atoms with van der Waals surface area (Å²) in [6.45, 7) is 1.87. The number of hydrogen-bond acceptors (Lipinski definition) is 4. The molecular formula is C5H10N4O4. The normalized spacial score (nSPS) is 23.0. The molecule has 0 amide bonds. The minimum atomic E-state index is -0.520. The van der Waals surface area contributed by atoms with Crippen LogP contribution in [0.5, 0.6) is 0 Å². The molecule has 8 heteroatoms. The Labute approximate surface area is 74.0 Å². The molecule has 0 N–H and O–H groups in total. The lowest BCUT2D eigenvalue weighted by molar-refractivity contribution is -0.699. The smallest absolute Gasteiger partial charge is 0.160 e. The van der Waals surface area contributed by atoms with Crippen molar-refractivity contribution < 1.29 is 10.1 Å². The van der Waals surface area contributed by atoms with E-state index in [1.807, 2.05) is 0 Å². The largest absolute Gasteiger partial charge is 0.235 e. The molecule has 1 fully saturated rings. The zero-order chi connectivity index (χ0) is 10.0. The summed E-state index contributed by atoms with van der Waals surface area (Å²) < 4.78 is 0. The first kappa shape index (κ1) is 9.49. The van der Waals surface area contributed by atoms with Gasteiger partial charge in [0.05, 0.1) is 0 Å². The molecule has 1 aliphatic heterocycles. The minimum Gasteiger partial charge on any atom is -0.235 e. The monoisotopic (exact) mass is 190 g/mol. The van der Waals surface area contributed by atoms with Gasteiger partial charge in [-0.25, -0.2) is 20.2 Å². The summed E-state index contributed by atoms with van der Waals surface area (Å²) >= 11 is 0. The number of hydrogen-bond donors (Lipinski definition) is 0. The van der Waals surface area contributed by atoms with Gasteiger partial charge >= 0.3 is 0 Å². The molecule has 1 heterocycles. The molecule has 1 rings (SSSR count). The highest BCUT2D eigenvalue weighted by Crippen LogP contribution is 2.08. The van der Waals surface area contributed by atoms with E-state index in [-0.39, 0.29) is 19.6 Å². The number of nitrogens with zero attached hydrogens (tertiary/aromatic N) is 4. The van der Waals surface area contributed by atoms with Gasteiger partial charge < -0.3 is 0 Å². The van der Waals surface area contributed by atoms with Crippen LogP contribution in [0, 0.1) is 20.2 Å². The summed E-state index contributed by atoms with van der Waals surface area (Å²) in [4.78, 5) is 20.7. The summed E-state index contributed by atoms with van der Waals surface area (Å²) in [6.07, 6.45) is 0. The predicted octanol–water partition coefficient (Wildman–Crippen LogP) is -0.624. The number of rotatable bonds is 2. The van der Waals surface area contributed by atoms with Crippen molar-refractivity contribution in [2.45, 2.75) is 13.0 Å². The Morgan fingerprint density at radius 3 is 2.23 bits per heavy atom. The third kappa shape index (κ3) is 1.95. The van der Waals surface area contributed by atoms with Gasteiger partial charge in [-0.05, 0) is 6.92 Å². The Balaban J connectivity index is 2.56. The Morgan fingerprint density at radius 1 is 1.23 bits per heavy atom. The average molecular weight is 190 g/mol. The average Bonchev–Trinajstić information content (AvgIpc) is 2.03. The van der Waals surface area contributed by atoms with Crippen molar-refractivity contribution in [2.75, 3.05) is 19.6 Å². The van der Waals surface area contributed by atoms with E-state index in [0.29, 0.717) is 0 Å². The quantitative estimate of drug-likeness (QED) is 0.425. The molecule has 1 unspecified atom stereocenters. The molecule has 0 aliphatic carbocycles. The van der Waals surface area contributed by atoms with Crippen LogP contribution < -0.4 is 0 Å². The first-order valence-electron chi connectivity index (χ1n) is 3.82. The Kier molecular flexibility index (Phi) is 2.49. The van der Waals surface area contributed by atoms with Crippen molar-refractivity contribution in [3.05, 3.63) is 20.2 Å². The zero-order valence-corrected chi connectivity index (χ0v) is 7.12. The summed E-state index contributed by atoms with van der Waals surface area (Å²) in [7, 11) is 0. The fraction of sp³-hybridized carbons (Fsp3) is 1.00.